The third kappa shape index (κ3) is 5.65. The summed E-state index contributed by atoms with van der Waals surface area (Å²) in [5.41, 5.74) is 1.29. The Kier molecular flexibility index (Phi) is 4.43. The lowest BCUT2D eigenvalue weighted by Gasteiger charge is -2.20. The van der Waals surface area contributed by atoms with Crippen LogP contribution in [-0.2, 0) is 0 Å². The lowest BCUT2D eigenvalue weighted by Crippen LogP contribution is -2.38. The number of hydrogen-bond donors (Lipinski definition) is 2. The van der Waals surface area contributed by atoms with Gasteiger partial charge in [-0.05, 0) is 45.0 Å². The van der Waals surface area contributed by atoms with Crippen LogP contribution in [0.3, 0.4) is 0 Å². The fourth-order valence-corrected chi connectivity index (χ4v) is 1.34. The molecule has 0 saturated carbocycles. The van der Waals surface area contributed by atoms with Crippen molar-refractivity contribution in [2.24, 2.45) is 0 Å². The van der Waals surface area contributed by atoms with Gasteiger partial charge in [0.1, 0.15) is 0 Å². The standard InChI is InChI=1S/C12H19ClN2/c1-12(2,3)15-9-8-14-11-6-4-10(13)5-7-11/h4-7,14-15H,8-9H2,1-3H3. The Bertz CT molecular complexity index is 287. The summed E-state index contributed by atoms with van der Waals surface area (Å²) in [7, 11) is 0. The molecule has 0 bridgehead atoms. The quantitative estimate of drug-likeness (QED) is 0.771. The third-order valence-corrected chi connectivity index (χ3v) is 2.21. The topological polar surface area (TPSA) is 24.1 Å². The van der Waals surface area contributed by atoms with Crippen molar-refractivity contribution in [2.75, 3.05) is 18.4 Å². The minimum absolute atomic E-state index is 0.182. The summed E-state index contributed by atoms with van der Waals surface area (Å²) in [4.78, 5) is 0. The Morgan fingerprint density at radius 2 is 1.67 bits per heavy atom. The second kappa shape index (κ2) is 5.38. The van der Waals surface area contributed by atoms with Crippen molar-refractivity contribution >= 4 is 17.3 Å². The Morgan fingerprint density at radius 3 is 2.20 bits per heavy atom. The number of hydrogen-bond acceptors (Lipinski definition) is 2. The zero-order chi connectivity index (χ0) is 11.3. The van der Waals surface area contributed by atoms with Crippen molar-refractivity contribution in [2.45, 2.75) is 26.3 Å². The molecule has 0 unspecified atom stereocenters. The van der Waals surface area contributed by atoms with Gasteiger partial charge in [-0.15, -0.1) is 0 Å². The largest absolute Gasteiger partial charge is 0.384 e. The van der Waals surface area contributed by atoms with Gasteiger partial charge in [-0.2, -0.15) is 0 Å². The van der Waals surface area contributed by atoms with E-state index in [1.165, 1.54) is 0 Å². The predicted molar refractivity (Wildman–Crippen MR) is 67.7 cm³/mol. The van der Waals surface area contributed by atoms with Gasteiger partial charge in [0.25, 0.3) is 0 Å². The Hall–Kier alpha value is -0.730. The summed E-state index contributed by atoms with van der Waals surface area (Å²) in [6.07, 6.45) is 0. The van der Waals surface area contributed by atoms with Crippen LogP contribution in [0.4, 0.5) is 5.69 Å². The molecule has 84 valence electrons. The van der Waals surface area contributed by atoms with E-state index in [9.17, 15) is 0 Å². The zero-order valence-electron chi connectivity index (χ0n) is 9.60. The number of halogens is 1. The van der Waals surface area contributed by atoms with Crippen molar-refractivity contribution in [3.63, 3.8) is 0 Å². The normalized spacial score (nSPS) is 11.5. The van der Waals surface area contributed by atoms with Gasteiger partial charge in [0.2, 0.25) is 0 Å². The monoisotopic (exact) mass is 226 g/mol. The summed E-state index contributed by atoms with van der Waals surface area (Å²) in [6, 6.07) is 7.75. The molecule has 0 saturated heterocycles. The molecule has 0 atom stereocenters. The number of rotatable bonds is 4. The highest BCUT2D eigenvalue weighted by Gasteiger charge is 2.06. The van der Waals surface area contributed by atoms with E-state index in [0.29, 0.717) is 0 Å². The van der Waals surface area contributed by atoms with Crippen LogP contribution in [0.25, 0.3) is 0 Å². The van der Waals surface area contributed by atoms with Crippen LogP contribution in [0, 0.1) is 0 Å². The molecule has 1 aromatic carbocycles. The van der Waals surface area contributed by atoms with Gasteiger partial charge in [-0.3, -0.25) is 0 Å². The Balaban J connectivity index is 2.23. The van der Waals surface area contributed by atoms with E-state index in [1.54, 1.807) is 0 Å². The second-order valence-corrected chi connectivity index (χ2v) is 5.05. The minimum atomic E-state index is 0.182. The number of benzene rings is 1. The van der Waals surface area contributed by atoms with E-state index < -0.39 is 0 Å². The van der Waals surface area contributed by atoms with Crippen molar-refractivity contribution in [1.29, 1.82) is 0 Å². The molecule has 0 radical (unpaired) electrons. The molecule has 0 spiro atoms. The first kappa shape index (κ1) is 12.3. The summed E-state index contributed by atoms with van der Waals surface area (Å²) in [6.45, 7) is 8.35. The molecule has 1 rings (SSSR count). The van der Waals surface area contributed by atoms with Gasteiger partial charge in [-0.25, -0.2) is 0 Å². The van der Waals surface area contributed by atoms with Gasteiger partial charge in [0, 0.05) is 29.3 Å². The molecule has 0 aromatic heterocycles. The first-order valence-corrected chi connectivity index (χ1v) is 5.60. The first-order chi connectivity index (χ1) is 6.97. The van der Waals surface area contributed by atoms with Gasteiger partial charge < -0.3 is 10.6 Å². The molecule has 1 aromatic rings. The van der Waals surface area contributed by atoms with E-state index in [4.69, 9.17) is 11.6 Å². The average Bonchev–Trinajstić information content (AvgIpc) is 2.14. The van der Waals surface area contributed by atoms with Crippen molar-refractivity contribution in [3.05, 3.63) is 29.3 Å². The molecule has 0 fully saturated rings. The molecular weight excluding hydrogens is 208 g/mol. The highest BCUT2D eigenvalue weighted by molar-refractivity contribution is 6.30. The van der Waals surface area contributed by atoms with Crippen LogP contribution in [0.15, 0.2) is 24.3 Å². The highest BCUT2D eigenvalue weighted by atomic mass is 35.5. The van der Waals surface area contributed by atoms with Gasteiger partial charge >= 0.3 is 0 Å². The van der Waals surface area contributed by atoms with Gasteiger partial charge in [0.15, 0.2) is 0 Å². The van der Waals surface area contributed by atoms with Crippen LogP contribution in [0.2, 0.25) is 5.02 Å². The molecule has 3 heteroatoms. The molecular formula is C12H19ClN2. The predicted octanol–water partition coefficient (Wildman–Crippen LogP) is 3.14. The summed E-state index contributed by atoms with van der Waals surface area (Å²) >= 11 is 5.79. The molecule has 15 heavy (non-hydrogen) atoms. The van der Waals surface area contributed by atoms with Crippen LogP contribution < -0.4 is 10.6 Å². The number of anilines is 1. The second-order valence-electron chi connectivity index (χ2n) is 4.61. The van der Waals surface area contributed by atoms with E-state index >= 15 is 0 Å². The highest BCUT2D eigenvalue weighted by Crippen LogP contribution is 2.12. The molecule has 2 N–H and O–H groups in total. The lowest BCUT2D eigenvalue weighted by atomic mass is 10.1. The SMILES string of the molecule is CC(C)(C)NCCNc1ccc(Cl)cc1. The van der Waals surface area contributed by atoms with E-state index in [-0.39, 0.29) is 5.54 Å². The fourth-order valence-electron chi connectivity index (χ4n) is 1.21. The van der Waals surface area contributed by atoms with Crippen LogP contribution in [0.1, 0.15) is 20.8 Å². The van der Waals surface area contributed by atoms with Gasteiger partial charge in [0.05, 0.1) is 0 Å². The average molecular weight is 227 g/mol. The maximum atomic E-state index is 5.79. The van der Waals surface area contributed by atoms with E-state index in [0.717, 1.165) is 23.8 Å². The van der Waals surface area contributed by atoms with Crippen molar-refractivity contribution in [1.82, 2.24) is 5.32 Å². The van der Waals surface area contributed by atoms with E-state index in [2.05, 4.69) is 31.4 Å². The Labute approximate surface area is 97.0 Å². The first-order valence-electron chi connectivity index (χ1n) is 5.22. The van der Waals surface area contributed by atoms with Crippen LogP contribution in [-0.4, -0.2) is 18.6 Å². The lowest BCUT2D eigenvalue weighted by molar-refractivity contribution is 0.435. The fraction of sp³-hybridized carbons (Fsp3) is 0.500. The molecule has 0 aliphatic carbocycles. The third-order valence-electron chi connectivity index (χ3n) is 1.95. The smallest absolute Gasteiger partial charge is 0.0407 e. The molecule has 0 aliphatic rings. The maximum absolute atomic E-state index is 5.79. The van der Waals surface area contributed by atoms with Crippen molar-refractivity contribution in [3.8, 4) is 0 Å². The van der Waals surface area contributed by atoms with Crippen LogP contribution >= 0.6 is 11.6 Å². The minimum Gasteiger partial charge on any atom is -0.384 e. The van der Waals surface area contributed by atoms with Gasteiger partial charge in [-0.1, -0.05) is 11.6 Å². The molecule has 0 amide bonds. The summed E-state index contributed by atoms with van der Waals surface area (Å²) in [5.74, 6) is 0. The number of nitrogens with one attached hydrogen (secondary N) is 2. The zero-order valence-corrected chi connectivity index (χ0v) is 10.4. The molecule has 0 aliphatic heterocycles. The van der Waals surface area contributed by atoms with E-state index in [1.807, 2.05) is 24.3 Å². The summed E-state index contributed by atoms with van der Waals surface area (Å²) < 4.78 is 0. The molecule has 0 heterocycles. The van der Waals surface area contributed by atoms with Crippen LogP contribution in [0.5, 0.6) is 0 Å². The Morgan fingerprint density at radius 1 is 1.07 bits per heavy atom. The molecule has 2 nitrogen and oxygen atoms in total. The summed E-state index contributed by atoms with van der Waals surface area (Å²) in [5, 5.41) is 7.51. The maximum Gasteiger partial charge on any atom is 0.0407 e. The van der Waals surface area contributed by atoms with Crippen molar-refractivity contribution < 1.29 is 0 Å².